The quantitative estimate of drug-likeness (QED) is 0.0323. The molecule has 66 heavy (non-hydrogen) atoms. The first kappa shape index (κ1) is 46.9. The standard InChI is InChI=1S/C55H61ClN2O8/c1-3-32-63-55-51(58(54(61)62-33-29-56)37-42-20-14-19-40-17-8-9-21-45(40)42)36-49(57-64-4-2)47-34-41(18-10-12-30-59)46(22-11-13-31-60)52(53(47)55)48-35-44(27-28-50(48)66-55)65-43-25-23-39(24-26-43)38-15-6-5-7-16-38/h3,5-9,14-17,19-21,23-28,34-35,41,46,51-53,59-60H,1,4,10-13,18,22,29-33,36-37H2,2H3. The first-order valence-electron chi connectivity index (χ1n) is 23.4. The molecule has 1 fully saturated rings. The number of hydrogen-bond donors (Lipinski definition) is 2. The number of allylic oxidation sites excluding steroid dienone is 1. The van der Waals surface area contributed by atoms with E-state index in [0.717, 1.165) is 64.3 Å². The van der Waals surface area contributed by atoms with Crippen LogP contribution in [0.5, 0.6) is 17.2 Å². The van der Waals surface area contributed by atoms with Crippen LogP contribution in [0.2, 0.25) is 0 Å². The Kier molecular flexibility index (Phi) is 15.8. The Bertz CT molecular complexity index is 2470. The van der Waals surface area contributed by atoms with Gasteiger partial charge in [0.25, 0.3) is 0 Å². The van der Waals surface area contributed by atoms with E-state index in [9.17, 15) is 15.0 Å². The van der Waals surface area contributed by atoms with E-state index in [1.54, 1.807) is 11.0 Å². The predicted octanol–water partition coefficient (Wildman–Crippen LogP) is 11.8. The van der Waals surface area contributed by atoms with Crippen LogP contribution in [0.25, 0.3) is 21.9 Å². The zero-order valence-corrected chi connectivity index (χ0v) is 38.5. The maximum absolute atomic E-state index is 14.8. The molecule has 346 valence electrons. The molecule has 0 radical (unpaired) electrons. The molecule has 6 atom stereocenters. The molecule has 0 bridgehead atoms. The van der Waals surface area contributed by atoms with Crippen LogP contribution in [0.1, 0.15) is 68.9 Å². The summed E-state index contributed by atoms with van der Waals surface area (Å²) in [4.78, 5) is 22.4. The van der Waals surface area contributed by atoms with Crippen molar-refractivity contribution >= 4 is 34.2 Å². The Labute approximate surface area is 393 Å². The average Bonchev–Trinajstić information content (AvgIpc) is 3.35. The van der Waals surface area contributed by atoms with Crippen LogP contribution in [-0.2, 0) is 20.9 Å². The summed E-state index contributed by atoms with van der Waals surface area (Å²) < 4.78 is 27.2. The fraction of sp³-hybridized carbons (Fsp3) is 0.382. The Balaban J connectivity index is 1.31. The van der Waals surface area contributed by atoms with Gasteiger partial charge < -0.3 is 34.0 Å². The molecule has 1 amide bonds. The number of aliphatic hydroxyl groups is 2. The molecule has 1 saturated carbocycles. The topological polar surface area (TPSA) is 119 Å². The van der Waals surface area contributed by atoms with Gasteiger partial charge in [0.05, 0.1) is 30.7 Å². The molecule has 11 heteroatoms. The van der Waals surface area contributed by atoms with Crippen molar-refractivity contribution in [3.63, 3.8) is 0 Å². The van der Waals surface area contributed by atoms with Gasteiger partial charge in [-0.05, 0) is 108 Å². The lowest BCUT2D eigenvalue weighted by molar-refractivity contribution is -0.256. The third-order valence-electron chi connectivity index (χ3n) is 13.3. The van der Waals surface area contributed by atoms with E-state index in [4.69, 9.17) is 40.5 Å². The van der Waals surface area contributed by atoms with Gasteiger partial charge in [-0.2, -0.15) is 0 Å². The lowest BCUT2D eigenvalue weighted by atomic mass is 9.55. The van der Waals surface area contributed by atoms with Gasteiger partial charge in [0.2, 0.25) is 5.79 Å². The molecule has 1 heterocycles. The maximum Gasteiger partial charge on any atom is 0.410 e. The summed E-state index contributed by atoms with van der Waals surface area (Å²) in [5, 5.41) is 26.9. The van der Waals surface area contributed by atoms with Crippen LogP contribution < -0.4 is 9.47 Å². The number of oxime groups is 1. The fourth-order valence-corrected chi connectivity index (χ4v) is 10.5. The first-order valence-corrected chi connectivity index (χ1v) is 24.0. The number of rotatable bonds is 21. The van der Waals surface area contributed by atoms with Gasteiger partial charge in [-0.1, -0.05) is 115 Å². The highest BCUT2D eigenvalue weighted by atomic mass is 35.5. The highest BCUT2D eigenvalue weighted by Gasteiger charge is 2.65. The Morgan fingerprint density at radius 1 is 0.894 bits per heavy atom. The second-order valence-electron chi connectivity index (χ2n) is 17.3. The molecule has 6 unspecified atom stereocenters. The van der Waals surface area contributed by atoms with Crippen LogP contribution in [0, 0.1) is 17.8 Å². The summed E-state index contributed by atoms with van der Waals surface area (Å²) in [6.45, 7) is 6.85. The van der Waals surface area contributed by atoms with Gasteiger partial charge in [0.15, 0.2) is 0 Å². The average molecular weight is 914 g/mol. The van der Waals surface area contributed by atoms with Gasteiger partial charge in [0.1, 0.15) is 36.5 Å². The van der Waals surface area contributed by atoms with Crippen LogP contribution in [-0.4, -0.2) is 77.7 Å². The highest BCUT2D eigenvalue weighted by molar-refractivity contribution is 6.18. The first-order chi connectivity index (χ1) is 32.4. The van der Waals surface area contributed by atoms with Gasteiger partial charge in [-0.3, -0.25) is 4.90 Å². The second kappa shape index (κ2) is 22.2. The summed E-state index contributed by atoms with van der Waals surface area (Å²) in [5.74, 6) is 0.0464. The van der Waals surface area contributed by atoms with E-state index in [2.05, 4.69) is 61.2 Å². The number of benzene rings is 5. The summed E-state index contributed by atoms with van der Waals surface area (Å²) in [7, 11) is 0. The Morgan fingerprint density at radius 2 is 1.62 bits per heavy atom. The monoisotopic (exact) mass is 912 g/mol. The lowest BCUT2D eigenvalue weighted by Gasteiger charge is -2.59. The highest BCUT2D eigenvalue weighted by Crippen LogP contribution is 2.62. The maximum atomic E-state index is 14.8. The number of unbranched alkanes of at least 4 members (excludes halogenated alkanes) is 2. The van der Waals surface area contributed by atoms with Crippen LogP contribution in [0.4, 0.5) is 4.79 Å². The minimum absolute atomic E-state index is 0.0145. The molecular formula is C55H61ClN2O8. The van der Waals surface area contributed by atoms with E-state index in [1.165, 1.54) is 0 Å². The van der Waals surface area contributed by atoms with Gasteiger partial charge in [-0.15, -0.1) is 18.2 Å². The number of hydrogen-bond acceptors (Lipinski definition) is 9. The van der Waals surface area contributed by atoms with Gasteiger partial charge in [0, 0.05) is 31.1 Å². The van der Waals surface area contributed by atoms with Crippen molar-refractivity contribution in [2.45, 2.75) is 76.2 Å². The lowest BCUT2D eigenvalue weighted by Crippen LogP contribution is -2.70. The van der Waals surface area contributed by atoms with Crippen molar-refractivity contribution in [1.82, 2.24) is 4.90 Å². The van der Waals surface area contributed by atoms with Gasteiger partial charge in [-0.25, -0.2) is 4.79 Å². The molecule has 8 rings (SSSR count). The molecule has 5 aromatic rings. The minimum Gasteiger partial charge on any atom is -0.459 e. The summed E-state index contributed by atoms with van der Waals surface area (Å²) in [5.41, 5.74) is 5.77. The van der Waals surface area contributed by atoms with Crippen molar-refractivity contribution < 1.29 is 38.8 Å². The molecular weight excluding hydrogens is 852 g/mol. The number of halogens is 1. The molecule has 1 aliphatic heterocycles. The van der Waals surface area contributed by atoms with Crippen LogP contribution >= 0.6 is 11.6 Å². The second-order valence-corrected chi connectivity index (χ2v) is 17.6. The van der Waals surface area contributed by atoms with Gasteiger partial charge >= 0.3 is 6.09 Å². The SMILES string of the molecule is C=CCOC12Oc3ccc(Oc4ccc(-c5ccccc5)cc4)cc3C3C(CCCCO)C(CCCCO)C=C(C(=NOCC)CC1N(Cc1cccc4ccccc14)C(=O)OCCCl)C32. The molecule has 5 aromatic carbocycles. The van der Waals surface area contributed by atoms with E-state index < -0.39 is 23.8 Å². The summed E-state index contributed by atoms with van der Waals surface area (Å²) in [6.07, 6.45) is 8.34. The number of carbonyl (C=O) groups is 1. The Hall–Kier alpha value is -5.65. The van der Waals surface area contributed by atoms with E-state index in [0.29, 0.717) is 42.4 Å². The zero-order chi connectivity index (χ0) is 45.9. The van der Waals surface area contributed by atoms with Crippen LogP contribution in [0.3, 0.4) is 0 Å². The zero-order valence-electron chi connectivity index (χ0n) is 37.7. The fourth-order valence-electron chi connectivity index (χ4n) is 10.5. The number of alkyl halides is 1. The molecule has 2 N–H and O–H groups in total. The molecule has 0 aromatic heterocycles. The number of nitrogens with zero attached hydrogens (tertiary/aromatic N) is 2. The van der Waals surface area contributed by atoms with Crippen molar-refractivity contribution in [1.29, 1.82) is 0 Å². The number of amides is 1. The van der Waals surface area contributed by atoms with Crippen molar-refractivity contribution in [3.8, 4) is 28.4 Å². The van der Waals surface area contributed by atoms with E-state index in [1.807, 2.05) is 73.7 Å². The minimum atomic E-state index is -1.46. The predicted molar refractivity (Wildman–Crippen MR) is 260 cm³/mol. The third-order valence-corrected chi connectivity index (χ3v) is 13.4. The van der Waals surface area contributed by atoms with Crippen molar-refractivity contribution in [2.24, 2.45) is 22.9 Å². The molecule has 0 spiro atoms. The van der Waals surface area contributed by atoms with Crippen molar-refractivity contribution in [3.05, 3.63) is 151 Å². The number of carbonyl (C=O) groups excluding carboxylic acids is 1. The summed E-state index contributed by atoms with van der Waals surface area (Å²) in [6, 6.07) is 37.8. The van der Waals surface area contributed by atoms with Crippen molar-refractivity contribution in [2.75, 3.05) is 38.9 Å². The van der Waals surface area contributed by atoms with E-state index >= 15 is 0 Å². The number of aliphatic hydroxyl groups excluding tert-OH is 2. The number of ether oxygens (including phenoxy) is 4. The molecule has 3 aliphatic rings. The Morgan fingerprint density at radius 3 is 2.38 bits per heavy atom. The molecule has 2 aliphatic carbocycles. The summed E-state index contributed by atoms with van der Waals surface area (Å²) >= 11 is 6.17. The number of fused-ring (bicyclic) bond motifs is 3. The van der Waals surface area contributed by atoms with Crippen LogP contribution in [0.15, 0.2) is 145 Å². The normalized spacial score (nSPS) is 22.4. The smallest absolute Gasteiger partial charge is 0.410 e. The largest absolute Gasteiger partial charge is 0.459 e. The van der Waals surface area contributed by atoms with E-state index in [-0.39, 0.29) is 63.0 Å². The third kappa shape index (κ3) is 10.0. The molecule has 0 saturated heterocycles. The molecule has 10 nitrogen and oxygen atoms in total.